The van der Waals surface area contributed by atoms with Crippen LogP contribution >= 0.6 is 0 Å². The number of phenols is 1. The van der Waals surface area contributed by atoms with Gasteiger partial charge >= 0.3 is 0 Å². The quantitative estimate of drug-likeness (QED) is 0.756. The van der Waals surface area contributed by atoms with Gasteiger partial charge in [-0.3, -0.25) is 4.98 Å². The molecular formula is C16H12FNO. The molecule has 0 aliphatic rings. The summed E-state index contributed by atoms with van der Waals surface area (Å²) >= 11 is 0. The monoisotopic (exact) mass is 253 g/mol. The van der Waals surface area contributed by atoms with Gasteiger partial charge in [-0.05, 0) is 41.8 Å². The van der Waals surface area contributed by atoms with E-state index in [-0.39, 0.29) is 5.75 Å². The van der Waals surface area contributed by atoms with Crippen LogP contribution in [0.15, 0.2) is 54.7 Å². The number of fused-ring (bicyclic) bond motifs is 1. The molecule has 0 saturated carbocycles. The number of aromatic hydroxyl groups is 1. The number of halogens is 1. The van der Waals surface area contributed by atoms with E-state index in [1.807, 2.05) is 30.3 Å². The molecule has 0 unspecified atom stereocenters. The Morgan fingerprint density at radius 3 is 2.74 bits per heavy atom. The van der Waals surface area contributed by atoms with Gasteiger partial charge < -0.3 is 5.11 Å². The molecule has 3 aromatic rings. The van der Waals surface area contributed by atoms with Crippen LogP contribution in [0, 0.1) is 5.82 Å². The van der Waals surface area contributed by atoms with Crippen molar-refractivity contribution in [2.45, 2.75) is 6.42 Å². The van der Waals surface area contributed by atoms with Crippen LogP contribution < -0.4 is 0 Å². The highest BCUT2D eigenvalue weighted by Gasteiger charge is 2.05. The molecule has 0 saturated heterocycles. The Bertz CT molecular complexity index is 734. The van der Waals surface area contributed by atoms with Crippen LogP contribution in [-0.2, 0) is 6.42 Å². The van der Waals surface area contributed by atoms with E-state index >= 15 is 0 Å². The number of nitrogens with zero attached hydrogens (tertiary/aromatic N) is 1. The standard InChI is InChI=1S/C16H12FNO/c17-14-10-11(5-6-16(14)19)9-12-7-8-18-15-4-2-1-3-13(12)15/h1-8,10,19H,9H2. The lowest BCUT2D eigenvalue weighted by Gasteiger charge is -2.06. The maximum atomic E-state index is 13.3. The summed E-state index contributed by atoms with van der Waals surface area (Å²) in [6, 6.07) is 14.3. The zero-order valence-corrected chi connectivity index (χ0v) is 10.2. The second-order valence-corrected chi connectivity index (χ2v) is 4.45. The Morgan fingerprint density at radius 1 is 1.05 bits per heavy atom. The summed E-state index contributed by atoms with van der Waals surface area (Å²) in [7, 11) is 0. The number of hydrogen-bond acceptors (Lipinski definition) is 2. The van der Waals surface area contributed by atoms with Crippen molar-refractivity contribution in [3.05, 3.63) is 71.7 Å². The Balaban J connectivity index is 2.03. The second kappa shape index (κ2) is 4.69. The lowest BCUT2D eigenvalue weighted by molar-refractivity contribution is 0.432. The molecule has 1 N–H and O–H groups in total. The number of phenolic OH excluding ortho intramolecular Hbond substituents is 1. The number of para-hydroxylation sites is 1. The SMILES string of the molecule is Oc1ccc(Cc2ccnc3ccccc23)cc1F. The molecule has 19 heavy (non-hydrogen) atoms. The van der Waals surface area contributed by atoms with Crippen molar-refractivity contribution in [1.82, 2.24) is 4.98 Å². The maximum absolute atomic E-state index is 13.3. The predicted molar refractivity (Wildman–Crippen MR) is 72.6 cm³/mol. The van der Waals surface area contributed by atoms with Crippen LogP contribution in [0.3, 0.4) is 0 Å². The number of rotatable bonds is 2. The molecule has 1 aromatic heterocycles. The van der Waals surface area contributed by atoms with Gasteiger partial charge in [0.2, 0.25) is 0 Å². The average molecular weight is 253 g/mol. The fourth-order valence-electron chi connectivity index (χ4n) is 2.19. The number of pyridine rings is 1. The first-order valence-electron chi connectivity index (χ1n) is 6.04. The second-order valence-electron chi connectivity index (χ2n) is 4.45. The number of aromatic nitrogens is 1. The van der Waals surface area contributed by atoms with Gasteiger partial charge in [0, 0.05) is 11.6 Å². The highest BCUT2D eigenvalue weighted by molar-refractivity contribution is 5.82. The van der Waals surface area contributed by atoms with E-state index in [1.54, 1.807) is 12.3 Å². The first-order valence-corrected chi connectivity index (χ1v) is 6.04. The van der Waals surface area contributed by atoms with Crippen LogP contribution in [0.4, 0.5) is 4.39 Å². The summed E-state index contributed by atoms with van der Waals surface area (Å²) in [5, 5.41) is 10.3. The molecule has 2 nitrogen and oxygen atoms in total. The summed E-state index contributed by atoms with van der Waals surface area (Å²) in [4.78, 5) is 4.30. The van der Waals surface area contributed by atoms with Crippen molar-refractivity contribution in [3.63, 3.8) is 0 Å². The third-order valence-corrected chi connectivity index (χ3v) is 3.15. The third kappa shape index (κ3) is 2.27. The van der Waals surface area contributed by atoms with Gasteiger partial charge in [0.05, 0.1) is 5.52 Å². The third-order valence-electron chi connectivity index (χ3n) is 3.15. The molecular weight excluding hydrogens is 241 g/mol. The van der Waals surface area contributed by atoms with Crippen molar-refractivity contribution in [3.8, 4) is 5.75 Å². The van der Waals surface area contributed by atoms with Crippen LogP contribution in [0.1, 0.15) is 11.1 Å². The summed E-state index contributed by atoms with van der Waals surface area (Å²) in [6.07, 6.45) is 2.37. The van der Waals surface area contributed by atoms with Gasteiger partial charge in [0.1, 0.15) is 0 Å². The Kier molecular flexibility index (Phi) is 2.88. The smallest absolute Gasteiger partial charge is 0.165 e. The van der Waals surface area contributed by atoms with Crippen molar-refractivity contribution in [1.29, 1.82) is 0 Å². The summed E-state index contributed by atoms with van der Waals surface area (Å²) in [5.74, 6) is -0.904. The predicted octanol–water partition coefficient (Wildman–Crippen LogP) is 3.67. The van der Waals surface area contributed by atoms with Crippen LogP contribution in [0.25, 0.3) is 10.9 Å². The minimum absolute atomic E-state index is 0.316. The highest BCUT2D eigenvalue weighted by Crippen LogP contribution is 2.22. The highest BCUT2D eigenvalue weighted by atomic mass is 19.1. The number of benzene rings is 2. The molecule has 2 aromatic carbocycles. The van der Waals surface area contributed by atoms with Gasteiger partial charge in [-0.1, -0.05) is 24.3 Å². The Morgan fingerprint density at radius 2 is 1.89 bits per heavy atom. The molecule has 0 amide bonds. The van der Waals surface area contributed by atoms with Crippen LogP contribution in [-0.4, -0.2) is 10.1 Å². The van der Waals surface area contributed by atoms with E-state index in [0.717, 1.165) is 22.0 Å². The topological polar surface area (TPSA) is 33.1 Å². The molecule has 0 radical (unpaired) electrons. The van der Waals surface area contributed by atoms with Gasteiger partial charge in [0.25, 0.3) is 0 Å². The molecule has 3 rings (SSSR count). The van der Waals surface area contributed by atoms with Crippen molar-refractivity contribution < 1.29 is 9.50 Å². The molecule has 0 spiro atoms. The van der Waals surface area contributed by atoms with E-state index in [1.165, 1.54) is 12.1 Å². The van der Waals surface area contributed by atoms with E-state index in [2.05, 4.69) is 4.98 Å². The van der Waals surface area contributed by atoms with Crippen LogP contribution in [0.2, 0.25) is 0 Å². The Hall–Kier alpha value is -2.42. The summed E-state index contributed by atoms with van der Waals surface area (Å²) in [6.45, 7) is 0. The summed E-state index contributed by atoms with van der Waals surface area (Å²) < 4.78 is 13.3. The van der Waals surface area contributed by atoms with Crippen LogP contribution in [0.5, 0.6) is 5.75 Å². The fraction of sp³-hybridized carbons (Fsp3) is 0.0625. The zero-order valence-electron chi connectivity index (χ0n) is 10.2. The van der Waals surface area contributed by atoms with Gasteiger partial charge in [-0.15, -0.1) is 0 Å². The largest absolute Gasteiger partial charge is 0.505 e. The van der Waals surface area contributed by atoms with Gasteiger partial charge in [-0.25, -0.2) is 4.39 Å². The van der Waals surface area contributed by atoms with Crippen molar-refractivity contribution in [2.24, 2.45) is 0 Å². The Labute approximate surface area is 110 Å². The number of hydrogen-bond donors (Lipinski definition) is 1. The van der Waals surface area contributed by atoms with Gasteiger partial charge in [0.15, 0.2) is 11.6 Å². The normalized spacial score (nSPS) is 10.8. The average Bonchev–Trinajstić information content (AvgIpc) is 2.43. The first-order chi connectivity index (χ1) is 9.24. The maximum Gasteiger partial charge on any atom is 0.165 e. The molecule has 0 aliphatic carbocycles. The first kappa shape index (κ1) is 11.7. The summed E-state index contributed by atoms with van der Waals surface area (Å²) in [5.41, 5.74) is 2.85. The van der Waals surface area contributed by atoms with E-state index in [4.69, 9.17) is 0 Å². The molecule has 0 fully saturated rings. The molecule has 1 heterocycles. The van der Waals surface area contributed by atoms with E-state index in [0.29, 0.717) is 6.42 Å². The lowest BCUT2D eigenvalue weighted by atomic mass is 10.0. The van der Waals surface area contributed by atoms with Gasteiger partial charge in [-0.2, -0.15) is 0 Å². The van der Waals surface area contributed by atoms with E-state index in [9.17, 15) is 9.50 Å². The zero-order chi connectivity index (χ0) is 13.2. The molecule has 94 valence electrons. The lowest BCUT2D eigenvalue weighted by Crippen LogP contribution is -1.92. The minimum Gasteiger partial charge on any atom is -0.505 e. The molecule has 0 aliphatic heterocycles. The fourth-order valence-corrected chi connectivity index (χ4v) is 2.19. The molecule has 0 atom stereocenters. The van der Waals surface area contributed by atoms with Crippen molar-refractivity contribution in [2.75, 3.05) is 0 Å². The molecule has 0 bridgehead atoms. The van der Waals surface area contributed by atoms with E-state index < -0.39 is 5.82 Å². The van der Waals surface area contributed by atoms with Crippen molar-refractivity contribution >= 4 is 10.9 Å². The minimum atomic E-state index is -0.587. The molecule has 3 heteroatoms.